The van der Waals surface area contributed by atoms with Gasteiger partial charge in [0.15, 0.2) is 0 Å². The number of carbonyl (C=O) groups excluding carboxylic acids is 1. The van der Waals surface area contributed by atoms with Gasteiger partial charge in [0.25, 0.3) is 0 Å². The molecule has 0 aromatic heterocycles. The third kappa shape index (κ3) is 6.00. The maximum Gasteiger partial charge on any atom is 0.232 e. The van der Waals surface area contributed by atoms with Crippen LogP contribution in [0.15, 0.2) is 18.2 Å². The summed E-state index contributed by atoms with van der Waals surface area (Å²) in [5.74, 6) is 0.108. The Hall–Kier alpha value is -0.290. The van der Waals surface area contributed by atoms with Gasteiger partial charge in [-0.05, 0) is 37.7 Å². The van der Waals surface area contributed by atoms with Crippen molar-refractivity contribution < 1.29 is 4.79 Å². The summed E-state index contributed by atoms with van der Waals surface area (Å²) in [5, 5.41) is 1.54. The van der Waals surface area contributed by atoms with E-state index in [-0.39, 0.29) is 5.91 Å². The Labute approximate surface area is 139 Å². The van der Waals surface area contributed by atoms with Crippen LogP contribution in [0.5, 0.6) is 0 Å². The number of rotatable bonds is 7. The standard InChI is InChI=1S/C14H19BrCl2N2O/c1-18(6-3-7-19(2)14(20)9-15)10-11-4-5-12(16)13(17)8-11/h4-5,8H,3,6-7,9-10H2,1-2H3. The zero-order valence-electron chi connectivity index (χ0n) is 11.7. The van der Waals surface area contributed by atoms with Gasteiger partial charge in [0.1, 0.15) is 0 Å². The quantitative estimate of drug-likeness (QED) is 0.672. The van der Waals surface area contributed by atoms with Crippen LogP contribution in [0, 0.1) is 0 Å². The maximum atomic E-state index is 11.4. The van der Waals surface area contributed by atoms with Gasteiger partial charge < -0.3 is 9.80 Å². The Morgan fingerprint density at radius 2 is 1.90 bits per heavy atom. The molecule has 0 atom stereocenters. The molecule has 1 aromatic rings. The van der Waals surface area contributed by atoms with Gasteiger partial charge in [-0.2, -0.15) is 0 Å². The van der Waals surface area contributed by atoms with E-state index in [0.717, 1.165) is 31.6 Å². The number of amides is 1. The fourth-order valence-electron chi connectivity index (χ4n) is 1.83. The fraction of sp³-hybridized carbons (Fsp3) is 0.500. The van der Waals surface area contributed by atoms with Crippen molar-refractivity contribution >= 4 is 45.0 Å². The van der Waals surface area contributed by atoms with Crippen LogP contribution >= 0.6 is 39.1 Å². The topological polar surface area (TPSA) is 23.6 Å². The fourth-order valence-corrected chi connectivity index (χ4v) is 2.58. The van der Waals surface area contributed by atoms with E-state index in [1.807, 2.05) is 25.2 Å². The SMILES string of the molecule is CN(CCCN(C)C(=O)CBr)Cc1ccc(Cl)c(Cl)c1. The molecule has 6 heteroatoms. The normalized spacial score (nSPS) is 10.9. The number of carbonyl (C=O) groups is 1. The minimum atomic E-state index is 0.108. The lowest BCUT2D eigenvalue weighted by atomic mass is 10.2. The predicted octanol–water partition coefficient (Wildman–Crippen LogP) is 3.67. The van der Waals surface area contributed by atoms with E-state index in [2.05, 4.69) is 27.9 Å². The second kappa shape index (κ2) is 8.88. The summed E-state index contributed by atoms with van der Waals surface area (Å²) in [6, 6.07) is 5.68. The molecule has 0 aliphatic heterocycles. The van der Waals surface area contributed by atoms with Crippen molar-refractivity contribution in [1.82, 2.24) is 9.80 Å². The smallest absolute Gasteiger partial charge is 0.232 e. The summed E-state index contributed by atoms with van der Waals surface area (Å²) in [5.41, 5.74) is 1.13. The van der Waals surface area contributed by atoms with E-state index in [1.54, 1.807) is 4.90 Å². The lowest BCUT2D eigenvalue weighted by Crippen LogP contribution is -2.31. The molecule has 1 amide bonds. The number of hydrogen-bond acceptors (Lipinski definition) is 2. The number of halogens is 3. The molecule has 0 heterocycles. The molecule has 0 N–H and O–H groups in total. The maximum absolute atomic E-state index is 11.4. The third-order valence-corrected chi connectivity index (χ3v) is 4.23. The summed E-state index contributed by atoms with van der Waals surface area (Å²) >= 11 is 15.1. The Balaban J connectivity index is 2.34. The van der Waals surface area contributed by atoms with Crippen LogP contribution in [-0.4, -0.2) is 48.2 Å². The molecule has 0 fully saturated rings. The summed E-state index contributed by atoms with van der Waals surface area (Å²) in [6.45, 7) is 2.49. The van der Waals surface area contributed by atoms with E-state index in [4.69, 9.17) is 23.2 Å². The van der Waals surface area contributed by atoms with Crippen molar-refractivity contribution in [3.05, 3.63) is 33.8 Å². The van der Waals surface area contributed by atoms with Gasteiger partial charge in [0.05, 0.1) is 15.4 Å². The van der Waals surface area contributed by atoms with Gasteiger partial charge in [-0.1, -0.05) is 45.2 Å². The van der Waals surface area contributed by atoms with Crippen LogP contribution in [0.25, 0.3) is 0 Å². The summed E-state index contributed by atoms with van der Waals surface area (Å²) < 4.78 is 0. The van der Waals surface area contributed by atoms with E-state index < -0.39 is 0 Å². The molecule has 0 spiro atoms. The summed E-state index contributed by atoms with van der Waals surface area (Å²) in [6.07, 6.45) is 0.938. The minimum Gasteiger partial charge on any atom is -0.345 e. The van der Waals surface area contributed by atoms with Crippen molar-refractivity contribution in [2.75, 3.05) is 32.5 Å². The van der Waals surface area contributed by atoms with Gasteiger partial charge in [0, 0.05) is 20.1 Å². The van der Waals surface area contributed by atoms with Gasteiger partial charge in [-0.15, -0.1) is 0 Å². The van der Waals surface area contributed by atoms with Crippen molar-refractivity contribution in [2.24, 2.45) is 0 Å². The van der Waals surface area contributed by atoms with Gasteiger partial charge in [-0.3, -0.25) is 4.79 Å². The van der Waals surface area contributed by atoms with E-state index in [0.29, 0.717) is 15.4 Å². The first kappa shape index (κ1) is 17.8. The largest absolute Gasteiger partial charge is 0.345 e. The van der Waals surface area contributed by atoms with Crippen LogP contribution < -0.4 is 0 Å². The summed E-state index contributed by atoms with van der Waals surface area (Å²) in [7, 11) is 3.87. The molecular weight excluding hydrogens is 363 g/mol. The Kier molecular flexibility index (Phi) is 7.88. The van der Waals surface area contributed by atoms with E-state index in [9.17, 15) is 4.79 Å². The first-order valence-corrected chi connectivity index (χ1v) is 8.24. The molecule has 1 aromatic carbocycles. The monoisotopic (exact) mass is 380 g/mol. The number of nitrogens with zero attached hydrogens (tertiary/aromatic N) is 2. The number of benzene rings is 1. The van der Waals surface area contributed by atoms with Gasteiger partial charge in [-0.25, -0.2) is 0 Å². The molecule has 0 unspecified atom stereocenters. The lowest BCUT2D eigenvalue weighted by Gasteiger charge is -2.20. The highest BCUT2D eigenvalue weighted by Crippen LogP contribution is 2.23. The van der Waals surface area contributed by atoms with Crippen molar-refractivity contribution in [3.8, 4) is 0 Å². The van der Waals surface area contributed by atoms with Gasteiger partial charge in [0.2, 0.25) is 5.91 Å². The Bertz CT molecular complexity index is 457. The van der Waals surface area contributed by atoms with Crippen molar-refractivity contribution in [3.63, 3.8) is 0 Å². The molecule has 3 nitrogen and oxygen atoms in total. The van der Waals surface area contributed by atoms with Crippen LogP contribution in [-0.2, 0) is 11.3 Å². The molecule has 20 heavy (non-hydrogen) atoms. The van der Waals surface area contributed by atoms with Crippen LogP contribution in [0.2, 0.25) is 10.0 Å². The molecule has 0 bridgehead atoms. The Morgan fingerprint density at radius 3 is 2.50 bits per heavy atom. The molecule has 0 saturated heterocycles. The summed E-state index contributed by atoms with van der Waals surface area (Å²) in [4.78, 5) is 15.3. The van der Waals surface area contributed by atoms with Crippen molar-refractivity contribution in [2.45, 2.75) is 13.0 Å². The second-order valence-corrected chi connectivity index (χ2v) is 6.16. The highest BCUT2D eigenvalue weighted by Gasteiger charge is 2.07. The first-order chi connectivity index (χ1) is 9.43. The van der Waals surface area contributed by atoms with Crippen molar-refractivity contribution in [1.29, 1.82) is 0 Å². The average Bonchev–Trinajstić information content (AvgIpc) is 2.41. The molecular formula is C14H19BrCl2N2O. The molecule has 0 aliphatic rings. The zero-order chi connectivity index (χ0) is 15.1. The second-order valence-electron chi connectivity index (χ2n) is 4.79. The molecule has 0 aliphatic carbocycles. The number of hydrogen-bond donors (Lipinski definition) is 0. The average molecular weight is 382 g/mol. The third-order valence-electron chi connectivity index (χ3n) is 3.01. The molecule has 1 rings (SSSR count). The van der Waals surface area contributed by atoms with Crippen LogP contribution in [0.1, 0.15) is 12.0 Å². The van der Waals surface area contributed by atoms with E-state index in [1.165, 1.54) is 0 Å². The van der Waals surface area contributed by atoms with E-state index >= 15 is 0 Å². The number of alkyl halides is 1. The Morgan fingerprint density at radius 1 is 1.20 bits per heavy atom. The predicted molar refractivity (Wildman–Crippen MR) is 88.8 cm³/mol. The highest BCUT2D eigenvalue weighted by molar-refractivity contribution is 9.09. The minimum absolute atomic E-state index is 0.108. The van der Waals surface area contributed by atoms with Crippen LogP contribution in [0.3, 0.4) is 0 Å². The highest BCUT2D eigenvalue weighted by atomic mass is 79.9. The molecule has 112 valence electrons. The van der Waals surface area contributed by atoms with Gasteiger partial charge >= 0.3 is 0 Å². The van der Waals surface area contributed by atoms with Crippen LogP contribution in [0.4, 0.5) is 0 Å². The molecule has 0 radical (unpaired) electrons. The first-order valence-electron chi connectivity index (χ1n) is 6.36. The zero-order valence-corrected chi connectivity index (χ0v) is 14.8. The molecule has 0 saturated carbocycles. The lowest BCUT2D eigenvalue weighted by molar-refractivity contribution is -0.127.